The number of anilines is 1. The van der Waals surface area contributed by atoms with E-state index in [-0.39, 0.29) is 0 Å². The SMILES string of the molecule is Cc1cnn(C(=S)Nc2ccc(C)c(Cl)c2)c1. The Morgan fingerprint density at radius 2 is 2.18 bits per heavy atom. The van der Waals surface area contributed by atoms with E-state index in [0.717, 1.165) is 21.8 Å². The van der Waals surface area contributed by atoms with Gasteiger partial charge in [0, 0.05) is 16.9 Å². The summed E-state index contributed by atoms with van der Waals surface area (Å²) in [6.45, 7) is 3.93. The molecule has 0 unspecified atom stereocenters. The van der Waals surface area contributed by atoms with Crippen molar-refractivity contribution in [1.82, 2.24) is 9.78 Å². The van der Waals surface area contributed by atoms with E-state index in [0.29, 0.717) is 5.11 Å². The molecule has 0 bridgehead atoms. The molecule has 5 heteroatoms. The Labute approximate surface area is 110 Å². The maximum absolute atomic E-state index is 6.04. The monoisotopic (exact) mass is 265 g/mol. The summed E-state index contributed by atoms with van der Waals surface area (Å²) >= 11 is 11.3. The predicted octanol–water partition coefficient (Wildman–Crippen LogP) is 3.40. The van der Waals surface area contributed by atoms with Gasteiger partial charge in [-0.3, -0.25) is 0 Å². The molecule has 0 radical (unpaired) electrons. The quantitative estimate of drug-likeness (QED) is 0.802. The van der Waals surface area contributed by atoms with Crippen molar-refractivity contribution in [1.29, 1.82) is 0 Å². The summed E-state index contributed by atoms with van der Waals surface area (Å²) in [4.78, 5) is 0. The lowest BCUT2D eigenvalue weighted by atomic mass is 10.2. The van der Waals surface area contributed by atoms with Crippen molar-refractivity contribution >= 4 is 34.6 Å². The first-order chi connectivity index (χ1) is 8.06. The van der Waals surface area contributed by atoms with E-state index in [9.17, 15) is 0 Å². The minimum atomic E-state index is 0.526. The average molecular weight is 266 g/mol. The fourth-order valence-corrected chi connectivity index (χ4v) is 1.77. The molecule has 17 heavy (non-hydrogen) atoms. The van der Waals surface area contributed by atoms with Crippen LogP contribution in [0.15, 0.2) is 30.6 Å². The highest BCUT2D eigenvalue weighted by Crippen LogP contribution is 2.20. The third-order valence-electron chi connectivity index (χ3n) is 2.34. The van der Waals surface area contributed by atoms with E-state index in [1.54, 1.807) is 10.9 Å². The Balaban J connectivity index is 2.15. The Bertz CT molecular complexity index is 563. The summed E-state index contributed by atoms with van der Waals surface area (Å²) in [5, 5.41) is 8.46. The molecule has 0 spiro atoms. The lowest BCUT2D eigenvalue weighted by molar-refractivity contribution is 0.947. The summed E-state index contributed by atoms with van der Waals surface area (Å²) in [5.41, 5.74) is 2.97. The van der Waals surface area contributed by atoms with Gasteiger partial charge in [-0.05, 0) is 49.3 Å². The van der Waals surface area contributed by atoms with Gasteiger partial charge in [-0.15, -0.1) is 0 Å². The summed E-state index contributed by atoms with van der Waals surface area (Å²) in [6, 6.07) is 5.73. The van der Waals surface area contributed by atoms with Gasteiger partial charge in [0.2, 0.25) is 0 Å². The molecule has 1 aromatic heterocycles. The van der Waals surface area contributed by atoms with Gasteiger partial charge in [-0.25, -0.2) is 4.68 Å². The normalized spacial score (nSPS) is 10.3. The number of nitrogens with zero attached hydrogens (tertiary/aromatic N) is 2. The second-order valence-electron chi connectivity index (χ2n) is 3.86. The number of rotatable bonds is 1. The van der Waals surface area contributed by atoms with E-state index in [2.05, 4.69) is 10.4 Å². The van der Waals surface area contributed by atoms with Crippen LogP contribution < -0.4 is 5.32 Å². The zero-order valence-corrected chi connectivity index (χ0v) is 11.1. The minimum absolute atomic E-state index is 0.526. The van der Waals surface area contributed by atoms with E-state index >= 15 is 0 Å². The zero-order chi connectivity index (χ0) is 12.4. The highest BCUT2D eigenvalue weighted by molar-refractivity contribution is 7.80. The van der Waals surface area contributed by atoms with Crippen molar-refractivity contribution in [3.63, 3.8) is 0 Å². The Kier molecular flexibility index (Phi) is 3.45. The number of aryl methyl sites for hydroxylation is 2. The number of hydrogen-bond acceptors (Lipinski definition) is 2. The van der Waals surface area contributed by atoms with Gasteiger partial charge in [-0.2, -0.15) is 5.10 Å². The standard InChI is InChI=1S/C12H12ClN3S/c1-8-6-14-16(7-8)12(17)15-10-4-3-9(2)11(13)5-10/h3-7H,1-2H3,(H,15,17). The van der Waals surface area contributed by atoms with Crippen molar-refractivity contribution in [3.05, 3.63) is 46.7 Å². The molecular weight excluding hydrogens is 254 g/mol. The molecule has 2 rings (SSSR count). The average Bonchev–Trinajstić information content (AvgIpc) is 2.70. The molecule has 3 nitrogen and oxygen atoms in total. The number of benzene rings is 1. The van der Waals surface area contributed by atoms with Gasteiger partial charge < -0.3 is 5.32 Å². The lowest BCUT2D eigenvalue weighted by Gasteiger charge is -2.08. The first-order valence-electron chi connectivity index (χ1n) is 5.15. The van der Waals surface area contributed by atoms with Crippen molar-refractivity contribution in [3.8, 4) is 0 Å². The van der Waals surface area contributed by atoms with Gasteiger partial charge in [-0.1, -0.05) is 17.7 Å². The fourth-order valence-electron chi connectivity index (χ4n) is 1.38. The first kappa shape index (κ1) is 12.1. The third-order valence-corrected chi connectivity index (χ3v) is 3.04. The van der Waals surface area contributed by atoms with Crippen molar-refractivity contribution in [2.75, 3.05) is 5.32 Å². The molecule has 0 saturated heterocycles. The first-order valence-corrected chi connectivity index (χ1v) is 5.93. The molecule has 0 amide bonds. The maximum atomic E-state index is 6.04. The number of halogens is 1. The Hall–Kier alpha value is -1.39. The highest BCUT2D eigenvalue weighted by Gasteiger charge is 2.03. The molecule has 0 saturated carbocycles. The summed E-state index contributed by atoms with van der Waals surface area (Å²) in [7, 11) is 0. The van der Waals surface area contributed by atoms with Crippen LogP contribution in [0.5, 0.6) is 0 Å². The van der Waals surface area contributed by atoms with E-state index in [1.165, 1.54) is 0 Å². The second kappa shape index (κ2) is 4.85. The summed E-state index contributed by atoms with van der Waals surface area (Å²) in [5.74, 6) is 0. The fraction of sp³-hybridized carbons (Fsp3) is 0.167. The van der Waals surface area contributed by atoms with Crippen molar-refractivity contribution in [2.45, 2.75) is 13.8 Å². The van der Waals surface area contributed by atoms with Crippen LogP contribution in [0.2, 0.25) is 5.02 Å². The van der Waals surface area contributed by atoms with Crippen molar-refractivity contribution < 1.29 is 0 Å². The van der Waals surface area contributed by atoms with Crippen molar-refractivity contribution in [2.24, 2.45) is 0 Å². The number of nitrogens with one attached hydrogen (secondary N) is 1. The maximum Gasteiger partial charge on any atom is 0.198 e. The lowest BCUT2D eigenvalue weighted by Crippen LogP contribution is -2.19. The highest BCUT2D eigenvalue weighted by atomic mass is 35.5. The summed E-state index contributed by atoms with van der Waals surface area (Å²) < 4.78 is 1.62. The van der Waals surface area contributed by atoms with E-state index < -0.39 is 0 Å². The molecule has 1 aromatic carbocycles. The van der Waals surface area contributed by atoms with E-state index in [1.807, 2.05) is 38.2 Å². The van der Waals surface area contributed by atoms with Crippen LogP contribution in [0, 0.1) is 13.8 Å². The van der Waals surface area contributed by atoms with Gasteiger partial charge in [0.05, 0.1) is 6.20 Å². The number of hydrogen-bond donors (Lipinski definition) is 1. The Morgan fingerprint density at radius 1 is 1.41 bits per heavy atom. The molecule has 1 N–H and O–H groups in total. The van der Waals surface area contributed by atoms with Gasteiger partial charge >= 0.3 is 0 Å². The van der Waals surface area contributed by atoms with Crippen LogP contribution in [0.25, 0.3) is 0 Å². The van der Waals surface area contributed by atoms with Gasteiger partial charge in [0.15, 0.2) is 5.11 Å². The number of aromatic nitrogens is 2. The van der Waals surface area contributed by atoms with Crippen LogP contribution in [-0.4, -0.2) is 14.9 Å². The topological polar surface area (TPSA) is 29.9 Å². The Morgan fingerprint density at radius 3 is 2.76 bits per heavy atom. The van der Waals surface area contributed by atoms with E-state index in [4.69, 9.17) is 23.8 Å². The molecule has 0 aliphatic rings. The largest absolute Gasteiger partial charge is 0.331 e. The van der Waals surface area contributed by atoms with Crippen LogP contribution in [0.4, 0.5) is 5.69 Å². The van der Waals surface area contributed by atoms with Crippen LogP contribution >= 0.6 is 23.8 Å². The molecule has 0 aliphatic heterocycles. The molecular formula is C12H12ClN3S. The molecule has 0 aliphatic carbocycles. The summed E-state index contributed by atoms with van der Waals surface area (Å²) in [6.07, 6.45) is 3.63. The smallest absolute Gasteiger partial charge is 0.198 e. The zero-order valence-electron chi connectivity index (χ0n) is 9.57. The van der Waals surface area contributed by atoms with Crippen LogP contribution in [0.1, 0.15) is 11.1 Å². The van der Waals surface area contributed by atoms with Gasteiger partial charge in [0.25, 0.3) is 0 Å². The molecule has 0 atom stereocenters. The molecule has 2 aromatic rings. The third kappa shape index (κ3) is 2.84. The molecule has 0 fully saturated rings. The van der Waals surface area contributed by atoms with Gasteiger partial charge in [0.1, 0.15) is 0 Å². The van der Waals surface area contributed by atoms with Crippen LogP contribution in [0.3, 0.4) is 0 Å². The minimum Gasteiger partial charge on any atom is -0.331 e. The molecule has 88 valence electrons. The number of thiocarbonyl (C=S) groups is 1. The molecule has 1 heterocycles. The van der Waals surface area contributed by atoms with Crippen LogP contribution in [-0.2, 0) is 0 Å². The predicted molar refractivity (Wildman–Crippen MR) is 74.8 cm³/mol. The second-order valence-corrected chi connectivity index (χ2v) is 4.65.